The van der Waals surface area contributed by atoms with Crippen LogP contribution >= 0.6 is 27.7 Å². The first-order valence-electron chi connectivity index (χ1n) is 7.58. The number of halogens is 2. The second-order valence-corrected chi connectivity index (χ2v) is 7.24. The van der Waals surface area contributed by atoms with Gasteiger partial charge in [0.05, 0.1) is 10.2 Å². The van der Waals surface area contributed by atoms with Crippen molar-refractivity contribution in [3.63, 3.8) is 0 Å². The lowest BCUT2D eigenvalue weighted by atomic mass is 10.3. The lowest BCUT2D eigenvalue weighted by Gasteiger charge is -2.14. The molecular weight excluding hydrogens is 413 g/mol. The van der Waals surface area contributed by atoms with Gasteiger partial charge in [0.1, 0.15) is 5.82 Å². The normalized spacial score (nSPS) is 13.9. The van der Waals surface area contributed by atoms with Crippen molar-refractivity contribution >= 4 is 45.1 Å². The molecule has 2 heterocycles. The summed E-state index contributed by atoms with van der Waals surface area (Å²) in [7, 11) is 0. The number of hydrogen-bond donors (Lipinski definition) is 2. The average molecular weight is 428 g/mol. The Hall–Kier alpha value is -1.94. The molecule has 0 saturated carbocycles. The first kappa shape index (κ1) is 17.9. The van der Waals surface area contributed by atoms with Crippen LogP contribution in [0.2, 0.25) is 0 Å². The molecule has 1 amide bonds. The maximum absolute atomic E-state index is 13.3. The van der Waals surface area contributed by atoms with Gasteiger partial charge in [-0.25, -0.2) is 9.02 Å². The summed E-state index contributed by atoms with van der Waals surface area (Å²) in [5.41, 5.74) is 0.727. The van der Waals surface area contributed by atoms with E-state index in [0.717, 1.165) is 25.9 Å². The Labute approximate surface area is 155 Å². The highest BCUT2D eigenvalue weighted by Gasteiger charge is 2.21. The van der Waals surface area contributed by atoms with Crippen molar-refractivity contribution in [2.45, 2.75) is 17.9 Å². The Morgan fingerprint density at radius 2 is 2.16 bits per heavy atom. The van der Waals surface area contributed by atoms with Gasteiger partial charge in [0, 0.05) is 18.8 Å². The third kappa shape index (κ3) is 4.37. The Bertz CT molecular complexity index is 794. The lowest BCUT2D eigenvalue weighted by molar-refractivity contribution is -0.127. The zero-order valence-corrected chi connectivity index (χ0v) is 15.5. The highest BCUT2D eigenvalue weighted by atomic mass is 79.9. The molecule has 1 aromatic heterocycles. The topological polar surface area (TPSA) is 95.1 Å². The highest BCUT2D eigenvalue weighted by Crippen LogP contribution is 2.23. The summed E-state index contributed by atoms with van der Waals surface area (Å²) < 4.78 is 18.3. The van der Waals surface area contributed by atoms with E-state index in [1.807, 2.05) is 4.90 Å². The zero-order valence-electron chi connectivity index (χ0n) is 13.1. The summed E-state index contributed by atoms with van der Waals surface area (Å²) >= 11 is 4.28. The smallest absolute Gasteiger partial charge is 0.232 e. The SMILES string of the molecule is N=C(Nc1ccc(F)c(Br)c1)c1nonc1SCC(=O)N1CCCC1. The van der Waals surface area contributed by atoms with Crippen molar-refractivity contribution in [3.8, 4) is 0 Å². The van der Waals surface area contributed by atoms with Crippen molar-refractivity contribution in [1.82, 2.24) is 15.2 Å². The first-order valence-corrected chi connectivity index (χ1v) is 9.36. The minimum atomic E-state index is -0.392. The van der Waals surface area contributed by atoms with Gasteiger partial charge < -0.3 is 10.2 Å². The largest absolute Gasteiger partial charge is 0.342 e. The van der Waals surface area contributed by atoms with Gasteiger partial charge in [0.2, 0.25) is 5.91 Å². The molecule has 1 aromatic carbocycles. The number of benzene rings is 1. The monoisotopic (exact) mass is 427 g/mol. The maximum atomic E-state index is 13.3. The van der Waals surface area contributed by atoms with E-state index >= 15 is 0 Å². The fraction of sp³-hybridized carbons (Fsp3) is 0.333. The summed E-state index contributed by atoms with van der Waals surface area (Å²) in [6.45, 7) is 1.58. The summed E-state index contributed by atoms with van der Waals surface area (Å²) in [4.78, 5) is 13.9. The number of nitrogens with one attached hydrogen (secondary N) is 2. The van der Waals surface area contributed by atoms with Gasteiger partial charge in [0.15, 0.2) is 16.6 Å². The van der Waals surface area contributed by atoms with E-state index in [-0.39, 0.29) is 27.7 Å². The molecule has 1 aliphatic heterocycles. The number of likely N-dealkylation sites (tertiary alicyclic amines) is 1. The first-order chi connectivity index (χ1) is 12.0. The predicted octanol–water partition coefficient (Wildman–Crippen LogP) is 3.12. The molecule has 0 unspecified atom stereocenters. The van der Waals surface area contributed by atoms with E-state index in [0.29, 0.717) is 10.7 Å². The van der Waals surface area contributed by atoms with Crippen molar-refractivity contribution in [1.29, 1.82) is 5.41 Å². The van der Waals surface area contributed by atoms with Crippen LogP contribution in [0.3, 0.4) is 0 Å². The molecule has 1 aliphatic rings. The molecule has 0 spiro atoms. The average Bonchev–Trinajstić information content (AvgIpc) is 3.27. The fourth-order valence-electron chi connectivity index (χ4n) is 2.39. The number of nitrogens with zero attached hydrogens (tertiary/aromatic N) is 3. The Morgan fingerprint density at radius 1 is 1.40 bits per heavy atom. The minimum Gasteiger partial charge on any atom is -0.342 e. The van der Waals surface area contributed by atoms with Crippen LogP contribution in [0.5, 0.6) is 0 Å². The Kier molecular flexibility index (Phi) is 5.69. The summed E-state index contributed by atoms with van der Waals surface area (Å²) in [5.74, 6) is -0.178. The molecule has 0 atom stereocenters. The lowest BCUT2D eigenvalue weighted by Crippen LogP contribution is -2.29. The van der Waals surface area contributed by atoms with Crippen LogP contribution in [0.15, 0.2) is 32.3 Å². The second-order valence-electron chi connectivity index (χ2n) is 5.42. The van der Waals surface area contributed by atoms with E-state index in [1.165, 1.54) is 30.0 Å². The predicted molar refractivity (Wildman–Crippen MR) is 95.4 cm³/mol. The Morgan fingerprint density at radius 3 is 2.88 bits per heavy atom. The molecule has 3 rings (SSSR count). The number of carbonyl (C=O) groups excluding carboxylic acids is 1. The van der Waals surface area contributed by atoms with Crippen LogP contribution in [0.25, 0.3) is 0 Å². The molecule has 2 aromatic rings. The number of carbonyl (C=O) groups is 1. The second kappa shape index (κ2) is 7.96. The molecular formula is C15H15BrFN5O2S. The maximum Gasteiger partial charge on any atom is 0.232 e. The summed E-state index contributed by atoms with van der Waals surface area (Å²) in [5, 5.41) is 18.8. The van der Waals surface area contributed by atoms with Gasteiger partial charge in [-0.1, -0.05) is 11.8 Å². The van der Waals surface area contributed by atoms with E-state index in [1.54, 1.807) is 0 Å². The van der Waals surface area contributed by atoms with Crippen LogP contribution in [0, 0.1) is 11.2 Å². The van der Waals surface area contributed by atoms with Gasteiger partial charge in [-0.15, -0.1) is 0 Å². The van der Waals surface area contributed by atoms with Gasteiger partial charge >= 0.3 is 0 Å². The molecule has 0 aliphatic carbocycles. The summed E-state index contributed by atoms with van der Waals surface area (Å²) in [6.07, 6.45) is 2.07. The van der Waals surface area contributed by atoms with Crippen LogP contribution in [0.4, 0.5) is 10.1 Å². The number of hydrogen-bond acceptors (Lipinski definition) is 6. The number of anilines is 1. The molecule has 1 saturated heterocycles. The van der Waals surface area contributed by atoms with Crippen molar-refractivity contribution in [3.05, 3.63) is 34.2 Å². The van der Waals surface area contributed by atoms with E-state index in [9.17, 15) is 9.18 Å². The van der Waals surface area contributed by atoms with Crippen molar-refractivity contribution in [2.24, 2.45) is 0 Å². The molecule has 132 valence electrons. The molecule has 0 radical (unpaired) electrons. The number of thioether (sulfide) groups is 1. The number of rotatable bonds is 5. The summed E-state index contributed by atoms with van der Waals surface area (Å²) in [6, 6.07) is 4.30. The van der Waals surface area contributed by atoms with Gasteiger partial charge in [-0.3, -0.25) is 10.2 Å². The molecule has 1 fully saturated rings. The molecule has 2 N–H and O–H groups in total. The van der Waals surface area contributed by atoms with E-state index in [4.69, 9.17) is 10.0 Å². The molecule has 0 bridgehead atoms. The molecule has 7 nitrogen and oxygen atoms in total. The third-order valence-corrected chi connectivity index (χ3v) is 5.22. The van der Waals surface area contributed by atoms with Gasteiger partial charge in [-0.2, -0.15) is 0 Å². The van der Waals surface area contributed by atoms with Gasteiger partial charge in [0.25, 0.3) is 0 Å². The Balaban J connectivity index is 1.62. The number of amides is 1. The van der Waals surface area contributed by atoms with E-state index < -0.39 is 5.82 Å². The van der Waals surface area contributed by atoms with Crippen LogP contribution in [-0.2, 0) is 4.79 Å². The number of aromatic nitrogens is 2. The standard InChI is InChI=1S/C15H15BrFN5O2S/c16-10-7-9(3-4-11(10)17)19-14(18)13-15(21-24-20-13)25-8-12(23)22-5-1-2-6-22/h3-4,7H,1-2,5-6,8H2,(H2,18,19). The van der Waals surface area contributed by atoms with Crippen molar-refractivity contribution < 1.29 is 13.8 Å². The quantitative estimate of drug-likeness (QED) is 0.432. The fourth-order valence-corrected chi connectivity index (χ4v) is 3.58. The van der Waals surface area contributed by atoms with Gasteiger partial charge in [-0.05, 0) is 57.3 Å². The van der Waals surface area contributed by atoms with Crippen LogP contribution in [0.1, 0.15) is 18.5 Å². The molecule has 25 heavy (non-hydrogen) atoms. The zero-order chi connectivity index (χ0) is 17.8. The van der Waals surface area contributed by atoms with E-state index in [2.05, 4.69) is 31.6 Å². The molecule has 10 heteroatoms. The minimum absolute atomic E-state index is 0.0402. The highest BCUT2D eigenvalue weighted by molar-refractivity contribution is 9.10. The van der Waals surface area contributed by atoms with Crippen LogP contribution in [-0.4, -0.2) is 45.8 Å². The van der Waals surface area contributed by atoms with Crippen LogP contribution < -0.4 is 5.32 Å². The van der Waals surface area contributed by atoms with Crippen molar-refractivity contribution in [2.75, 3.05) is 24.2 Å². The number of amidine groups is 1. The third-order valence-electron chi connectivity index (χ3n) is 3.68.